The van der Waals surface area contributed by atoms with E-state index in [-0.39, 0.29) is 24.8 Å². The molecule has 168 valence electrons. The van der Waals surface area contributed by atoms with Gasteiger partial charge in [0.2, 0.25) is 5.91 Å². The number of aryl methyl sites for hydroxylation is 1. The molecule has 0 atom stereocenters. The summed E-state index contributed by atoms with van der Waals surface area (Å²) in [5.74, 6) is 0.178. The number of nitrogens with one attached hydrogen (secondary N) is 1. The van der Waals surface area contributed by atoms with Gasteiger partial charge in [0, 0.05) is 42.9 Å². The number of carbonyl (C=O) groups is 1. The molecule has 0 radical (unpaired) electrons. The number of anilines is 2. The lowest BCUT2D eigenvalue weighted by atomic mass is 10.1. The van der Waals surface area contributed by atoms with Gasteiger partial charge in [0.15, 0.2) is 0 Å². The smallest absolute Gasteiger partial charge is 0.230 e. The number of thiazole rings is 1. The summed E-state index contributed by atoms with van der Waals surface area (Å²) in [6, 6.07) is 12.0. The van der Waals surface area contributed by atoms with Crippen molar-refractivity contribution < 1.29 is 13.9 Å². The van der Waals surface area contributed by atoms with E-state index in [1.807, 2.05) is 18.4 Å². The van der Waals surface area contributed by atoms with E-state index in [4.69, 9.17) is 4.74 Å². The predicted octanol–water partition coefficient (Wildman–Crippen LogP) is 4.10. The maximum atomic E-state index is 13.0. The third-order valence-electron chi connectivity index (χ3n) is 5.47. The number of ether oxygens (including phenoxy) is 1. The first-order chi connectivity index (χ1) is 15.5. The molecule has 8 heteroatoms. The van der Waals surface area contributed by atoms with Crippen LogP contribution in [0.2, 0.25) is 0 Å². The second-order valence-electron chi connectivity index (χ2n) is 7.99. The molecule has 0 unspecified atom stereocenters. The van der Waals surface area contributed by atoms with E-state index in [0.717, 1.165) is 42.4 Å². The van der Waals surface area contributed by atoms with Crippen LogP contribution in [-0.2, 0) is 17.8 Å². The molecule has 1 aromatic heterocycles. The molecule has 1 aliphatic rings. The first-order valence-corrected chi connectivity index (χ1v) is 11.5. The standard InChI is InChI=1S/C24H27FN4O2S/c1-17-13-20(29-11-9-28(2)10-12-29)5-8-22(17)27-23(30)14-19-16-32-24(26-19)15-31-21-6-3-18(25)4-7-21/h3-8,13,16H,9-12,14-15H2,1-2H3,(H,27,30). The highest BCUT2D eigenvalue weighted by Gasteiger charge is 2.16. The number of amides is 1. The summed E-state index contributed by atoms with van der Waals surface area (Å²) in [6.07, 6.45) is 0.201. The lowest BCUT2D eigenvalue weighted by molar-refractivity contribution is -0.115. The molecule has 6 nitrogen and oxygen atoms in total. The van der Waals surface area contributed by atoms with Gasteiger partial charge in [0.05, 0.1) is 12.1 Å². The Morgan fingerprint density at radius 3 is 2.62 bits per heavy atom. The van der Waals surface area contributed by atoms with Crippen LogP contribution in [0.5, 0.6) is 5.75 Å². The van der Waals surface area contributed by atoms with Crippen LogP contribution >= 0.6 is 11.3 Å². The number of hydrogen-bond donors (Lipinski definition) is 1. The van der Waals surface area contributed by atoms with Crippen LogP contribution in [0, 0.1) is 12.7 Å². The van der Waals surface area contributed by atoms with Crippen LogP contribution in [0.4, 0.5) is 15.8 Å². The summed E-state index contributed by atoms with van der Waals surface area (Å²) in [7, 11) is 2.14. The Balaban J connectivity index is 1.29. The number of likely N-dealkylation sites (N-methyl/N-ethyl adjacent to an activating group) is 1. The Morgan fingerprint density at radius 1 is 1.16 bits per heavy atom. The van der Waals surface area contributed by atoms with Crippen molar-refractivity contribution in [2.45, 2.75) is 20.0 Å². The molecule has 4 rings (SSSR count). The van der Waals surface area contributed by atoms with E-state index in [0.29, 0.717) is 11.4 Å². The molecule has 3 aromatic rings. The lowest BCUT2D eigenvalue weighted by Crippen LogP contribution is -2.44. The Hall–Kier alpha value is -2.97. The van der Waals surface area contributed by atoms with Crippen molar-refractivity contribution in [3.8, 4) is 5.75 Å². The van der Waals surface area contributed by atoms with Crippen LogP contribution in [0.15, 0.2) is 47.8 Å². The number of halogens is 1. The van der Waals surface area contributed by atoms with Gasteiger partial charge in [-0.15, -0.1) is 11.3 Å². The van der Waals surface area contributed by atoms with Gasteiger partial charge in [-0.05, 0) is 62.0 Å². The van der Waals surface area contributed by atoms with Crippen molar-refractivity contribution in [2.24, 2.45) is 0 Å². The fourth-order valence-electron chi connectivity index (χ4n) is 3.58. The van der Waals surface area contributed by atoms with Gasteiger partial charge in [-0.2, -0.15) is 0 Å². The zero-order chi connectivity index (χ0) is 22.5. The fourth-order valence-corrected chi connectivity index (χ4v) is 4.29. The van der Waals surface area contributed by atoms with E-state index < -0.39 is 0 Å². The summed E-state index contributed by atoms with van der Waals surface area (Å²) in [6.45, 7) is 6.44. The molecule has 0 aliphatic carbocycles. The van der Waals surface area contributed by atoms with Gasteiger partial charge in [0.1, 0.15) is 23.2 Å². The minimum Gasteiger partial charge on any atom is -0.486 e. The second kappa shape index (κ2) is 10.1. The molecular formula is C24H27FN4O2S. The average molecular weight is 455 g/mol. The summed E-state index contributed by atoms with van der Waals surface area (Å²) < 4.78 is 18.6. The molecule has 1 N–H and O–H groups in total. The number of rotatable bonds is 7. The Morgan fingerprint density at radius 2 is 1.91 bits per heavy atom. The minimum absolute atomic E-state index is 0.100. The van der Waals surface area contributed by atoms with E-state index in [9.17, 15) is 9.18 Å². The monoisotopic (exact) mass is 454 g/mol. The average Bonchev–Trinajstić information content (AvgIpc) is 3.22. The molecule has 0 saturated carbocycles. The molecule has 1 aliphatic heterocycles. The van der Waals surface area contributed by atoms with Crippen LogP contribution in [0.25, 0.3) is 0 Å². The van der Waals surface area contributed by atoms with Gasteiger partial charge in [-0.3, -0.25) is 4.79 Å². The highest BCUT2D eigenvalue weighted by molar-refractivity contribution is 7.09. The van der Waals surface area contributed by atoms with Gasteiger partial charge in [-0.25, -0.2) is 9.37 Å². The molecule has 32 heavy (non-hydrogen) atoms. The van der Waals surface area contributed by atoms with Crippen LogP contribution < -0.4 is 15.0 Å². The number of nitrogens with zero attached hydrogens (tertiary/aromatic N) is 3. The van der Waals surface area contributed by atoms with E-state index >= 15 is 0 Å². The van der Waals surface area contributed by atoms with E-state index in [2.05, 4.69) is 39.3 Å². The quantitative estimate of drug-likeness (QED) is 0.583. The van der Waals surface area contributed by atoms with Gasteiger partial charge >= 0.3 is 0 Å². The second-order valence-corrected chi connectivity index (χ2v) is 8.93. The Labute approximate surface area is 191 Å². The van der Waals surface area contributed by atoms with Crippen LogP contribution in [-0.4, -0.2) is 49.0 Å². The number of benzene rings is 2. The van der Waals surface area contributed by atoms with Crippen molar-refractivity contribution in [3.05, 3.63) is 69.9 Å². The maximum absolute atomic E-state index is 13.0. The zero-order valence-electron chi connectivity index (χ0n) is 18.3. The van der Waals surface area contributed by atoms with Crippen molar-refractivity contribution in [1.29, 1.82) is 0 Å². The SMILES string of the molecule is Cc1cc(N2CCN(C)CC2)ccc1NC(=O)Cc1csc(COc2ccc(F)cc2)n1. The third kappa shape index (κ3) is 5.83. The van der Waals surface area contributed by atoms with Crippen molar-refractivity contribution in [3.63, 3.8) is 0 Å². The molecule has 1 saturated heterocycles. The topological polar surface area (TPSA) is 57.7 Å². The molecule has 2 aromatic carbocycles. The number of carbonyl (C=O) groups excluding carboxylic acids is 1. The Bertz CT molecular complexity index is 1060. The Kier molecular flexibility index (Phi) is 7.02. The molecular weight excluding hydrogens is 427 g/mol. The number of aromatic nitrogens is 1. The largest absolute Gasteiger partial charge is 0.486 e. The van der Waals surface area contributed by atoms with E-state index in [1.54, 1.807) is 12.1 Å². The summed E-state index contributed by atoms with van der Waals surface area (Å²) in [5.41, 5.74) is 3.76. The fraction of sp³-hybridized carbons (Fsp3) is 0.333. The number of piperazine rings is 1. The molecule has 1 amide bonds. The maximum Gasteiger partial charge on any atom is 0.230 e. The van der Waals surface area contributed by atoms with Gasteiger partial charge < -0.3 is 19.9 Å². The highest BCUT2D eigenvalue weighted by Crippen LogP contribution is 2.24. The van der Waals surface area contributed by atoms with Gasteiger partial charge in [0.25, 0.3) is 0 Å². The van der Waals surface area contributed by atoms with E-state index in [1.165, 1.54) is 29.2 Å². The van der Waals surface area contributed by atoms with Crippen LogP contribution in [0.1, 0.15) is 16.3 Å². The summed E-state index contributed by atoms with van der Waals surface area (Å²) >= 11 is 1.44. The predicted molar refractivity (Wildman–Crippen MR) is 126 cm³/mol. The highest BCUT2D eigenvalue weighted by atomic mass is 32.1. The lowest BCUT2D eigenvalue weighted by Gasteiger charge is -2.34. The minimum atomic E-state index is -0.302. The zero-order valence-corrected chi connectivity index (χ0v) is 19.1. The summed E-state index contributed by atoms with van der Waals surface area (Å²) in [4.78, 5) is 21.7. The first-order valence-electron chi connectivity index (χ1n) is 10.6. The molecule has 0 bridgehead atoms. The van der Waals surface area contributed by atoms with Gasteiger partial charge in [-0.1, -0.05) is 0 Å². The first kappa shape index (κ1) is 22.2. The van der Waals surface area contributed by atoms with Crippen LogP contribution in [0.3, 0.4) is 0 Å². The molecule has 2 heterocycles. The molecule has 0 spiro atoms. The summed E-state index contributed by atoms with van der Waals surface area (Å²) in [5, 5.41) is 5.64. The van der Waals surface area contributed by atoms with Crippen molar-refractivity contribution in [2.75, 3.05) is 43.4 Å². The number of hydrogen-bond acceptors (Lipinski definition) is 6. The van der Waals surface area contributed by atoms with Crippen molar-refractivity contribution >= 4 is 28.6 Å². The normalized spacial score (nSPS) is 14.4. The van der Waals surface area contributed by atoms with Crippen molar-refractivity contribution in [1.82, 2.24) is 9.88 Å². The third-order valence-corrected chi connectivity index (χ3v) is 6.34. The molecule has 1 fully saturated rings.